The van der Waals surface area contributed by atoms with Crippen LogP contribution in [0, 0.1) is 5.92 Å². The molecule has 2 aliphatic heterocycles. The number of cyclic esters (lactones) is 1. The van der Waals surface area contributed by atoms with Crippen molar-refractivity contribution in [1.82, 2.24) is 0 Å². The second-order valence-electron chi connectivity index (χ2n) is 4.37. The summed E-state index contributed by atoms with van der Waals surface area (Å²) in [5.41, 5.74) is 0. The van der Waals surface area contributed by atoms with Gasteiger partial charge in [0.25, 0.3) is 0 Å². The molecule has 0 amide bonds. The van der Waals surface area contributed by atoms with Crippen molar-refractivity contribution in [2.75, 3.05) is 0 Å². The van der Waals surface area contributed by atoms with Gasteiger partial charge in [-0.3, -0.25) is 0 Å². The molecule has 0 N–H and O–H groups in total. The van der Waals surface area contributed by atoms with Gasteiger partial charge in [0.2, 0.25) is 6.10 Å². The highest BCUT2D eigenvalue weighted by atomic mass is 16.6. The number of epoxide rings is 1. The molecule has 2 saturated heterocycles. The Bertz CT molecular complexity index is 227. The van der Waals surface area contributed by atoms with E-state index in [1.54, 1.807) is 0 Å². The third-order valence-electron chi connectivity index (χ3n) is 3.17. The molecule has 0 aromatic rings. The van der Waals surface area contributed by atoms with Crippen LogP contribution in [-0.4, -0.2) is 24.3 Å². The normalized spacial score (nSPS) is 38.1. The number of hydrogen-bond donors (Lipinski definition) is 0. The molecule has 0 radical (unpaired) electrons. The summed E-state index contributed by atoms with van der Waals surface area (Å²) >= 11 is 0. The lowest BCUT2D eigenvalue weighted by Gasteiger charge is -2.19. The summed E-state index contributed by atoms with van der Waals surface area (Å²) in [6.45, 7) is 4.23. The molecule has 3 nitrogen and oxygen atoms in total. The Morgan fingerprint density at radius 2 is 2.21 bits per heavy atom. The highest BCUT2D eigenvalue weighted by molar-refractivity contribution is 5.87. The number of carbonyl (C=O) groups is 1. The number of hydrogen-bond acceptors (Lipinski definition) is 3. The SMILES string of the molecule is CCCC(C1CCC(C)O1)C1OC1=O. The lowest BCUT2D eigenvalue weighted by atomic mass is 9.92. The van der Waals surface area contributed by atoms with E-state index < -0.39 is 0 Å². The molecule has 80 valence electrons. The Morgan fingerprint density at radius 3 is 2.64 bits per heavy atom. The minimum Gasteiger partial charge on any atom is -0.447 e. The Morgan fingerprint density at radius 1 is 1.50 bits per heavy atom. The molecule has 2 aliphatic rings. The topological polar surface area (TPSA) is 38.8 Å². The van der Waals surface area contributed by atoms with Gasteiger partial charge in [0, 0.05) is 5.92 Å². The minimum atomic E-state index is -0.148. The van der Waals surface area contributed by atoms with Crippen molar-refractivity contribution >= 4 is 5.97 Å². The molecule has 4 unspecified atom stereocenters. The van der Waals surface area contributed by atoms with Crippen molar-refractivity contribution < 1.29 is 14.3 Å². The number of rotatable bonds is 4. The van der Waals surface area contributed by atoms with Crippen molar-refractivity contribution in [3.8, 4) is 0 Å². The first kappa shape index (κ1) is 9.97. The third kappa shape index (κ3) is 1.92. The maximum absolute atomic E-state index is 11.0. The first-order valence-electron chi connectivity index (χ1n) is 5.58. The fourth-order valence-corrected chi connectivity index (χ4v) is 2.37. The molecular formula is C11H18O3. The Kier molecular flexibility index (Phi) is 2.77. The van der Waals surface area contributed by atoms with Crippen LogP contribution in [0.15, 0.2) is 0 Å². The summed E-state index contributed by atoms with van der Waals surface area (Å²) in [6, 6.07) is 0. The Labute approximate surface area is 84.8 Å². The van der Waals surface area contributed by atoms with Gasteiger partial charge in [-0.25, -0.2) is 4.79 Å². The number of carbonyl (C=O) groups excluding carboxylic acids is 1. The summed E-state index contributed by atoms with van der Waals surface area (Å²) < 4.78 is 10.8. The van der Waals surface area contributed by atoms with Gasteiger partial charge in [-0.05, 0) is 26.2 Å². The molecule has 0 spiro atoms. The molecule has 0 aromatic heterocycles. The van der Waals surface area contributed by atoms with E-state index in [9.17, 15) is 4.79 Å². The van der Waals surface area contributed by atoms with E-state index in [0.717, 1.165) is 25.7 Å². The van der Waals surface area contributed by atoms with Crippen molar-refractivity contribution in [2.24, 2.45) is 5.92 Å². The lowest BCUT2D eigenvalue weighted by molar-refractivity contribution is -0.117. The average molecular weight is 198 g/mol. The van der Waals surface area contributed by atoms with Gasteiger partial charge in [0.15, 0.2) is 0 Å². The molecule has 0 saturated carbocycles. The molecule has 2 heterocycles. The highest BCUT2D eigenvalue weighted by Gasteiger charge is 2.49. The van der Waals surface area contributed by atoms with Crippen LogP contribution in [0.25, 0.3) is 0 Å². The predicted octanol–water partition coefficient (Wildman–Crippen LogP) is 1.90. The largest absolute Gasteiger partial charge is 0.447 e. The number of ether oxygens (including phenoxy) is 2. The van der Waals surface area contributed by atoms with E-state index in [1.165, 1.54) is 0 Å². The summed E-state index contributed by atoms with van der Waals surface area (Å²) in [6.07, 6.45) is 4.78. The lowest BCUT2D eigenvalue weighted by Crippen LogP contribution is -2.26. The van der Waals surface area contributed by atoms with Crippen molar-refractivity contribution in [1.29, 1.82) is 0 Å². The van der Waals surface area contributed by atoms with Gasteiger partial charge >= 0.3 is 5.97 Å². The van der Waals surface area contributed by atoms with Gasteiger partial charge in [-0.1, -0.05) is 13.3 Å². The van der Waals surface area contributed by atoms with Crippen LogP contribution in [0.5, 0.6) is 0 Å². The maximum atomic E-state index is 11.0. The molecule has 0 aromatic carbocycles. The fraction of sp³-hybridized carbons (Fsp3) is 0.909. The van der Waals surface area contributed by atoms with Crippen molar-refractivity contribution in [2.45, 2.75) is 57.8 Å². The summed E-state index contributed by atoms with van der Waals surface area (Å²) in [5.74, 6) is 0.268. The van der Waals surface area contributed by atoms with Crippen LogP contribution in [0.1, 0.15) is 39.5 Å². The Balaban J connectivity index is 1.93. The van der Waals surface area contributed by atoms with Crippen molar-refractivity contribution in [3.05, 3.63) is 0 Å². The van der Waals surface area contributed by atoms with E-state index in [2.05, 4.69) is 13.8 Å². The molecule has 0 bridgehead atoms. The zero-order valence-electron chi connectivity index (χ0n) is 8.86. The quantitative estimate of drug-likeness (QED) is 0.647. The minimum absolute atomic E-state index is 0.0356. The molecule has 2 fully saturated rings. The van der Waals surface area contributed by atoms with Gasteiger partial charge in [-0.2, -0.15) is 0 Å². The monoisotopic (exact) mass is 198 g/mol. The van der Waals surface area contributed by atoms with Crippen LogP contribution >= 0.6 is 0 Å². The molecule has 2 rings (SSSR count). The van der Waals surface area contributed by atoms with Crippen LogP contribution in [0.3, 0.4) is 0 Å². The second kappa shape index (κ2) is 3.89. The van der Waals surface area contributed by atoms with Gasteiger partial charge < -0.3 is 9.47 Å². The van der Waals surface area contributed by atoms with Crippen LogP contribution in [0.2, 0.25) is 0 Å². The fourth-order valence-electron chi connectivity index (χ4n) is 2.37. The third-order valence-corrected chi connectivity index (χ3v) is 3.17. The van der Waals surface area contributed by atoms with Gasteiger partial charge in [0.1, 0.15) is 0 Å². The average Bonchev–Trinajstić information content (AvgIpc) is 2.69. The van der Waals surface area contributed by atoms with E-state index in [0.29, 0.717) is 12.0 Å². The zero-order valence-corrected chi connectivity index (χ0v) is 8.86. The van der Waals surface area contributed by atoms with E-state index >= 15 is 0 Å². The van der Waals surface area contributed by atoms with Crippen LogP contribution in [0.4, 0.5) is 0 Å². The Hall–Kier alpha value is -0.570. The molecular weight excluding hydrogens is 180 g/mol. The van der Waals surface area contributed by atoms with Crippen LogP contribution in [-0.2, 0) is 14.3 Å². The van der Waals surface area contributed by atoms with E-state index in [1.807, 2.05) is 0 Å². The molecule has 14 heavy (non-hydrogen) atoms. The molecule has 3 heteroatoms. The summed E-state index contributed by atoms with van der Waals surface area (Å²) in [4.78, 5) is 11.0. The second-order valence-corrected chi connectivity index (χ2v) is 4.37. The maximum Gasteiger partial charge on any atom is 0.348 e. The van der Waals surface area contributed by atoms with E-state index in [-0.39, 0.29) is 18.2 Å². The standard InChI is InChI=1S/C11H18O3/c1-3-4-8(10-11(12)14-10)9-6-5-7(2)13-9/h7-10H,3-6H2,1-2H3. The highest BCUT2D eigenvalue weighted by Crippen LogP contribution is 2.36. The summed E-state index contributed by atoms with van der Waals surface area (Å²) in [5, 5.41) is 0. The molecule has 0 aliphatic carbocycles. The molecule has 4 atom stereocenters. The first-order chi connectivity index (χ1) is 6.72. The van der Waals surface area contributed by atoms with Gasteiger partial charge in [0.05, 0.1) is 12.2 Å². The van der Waals surface area contributed by atoms with Crippen molar-refractivity contribution in [3.63, 3.8) is 0 Å². The predicted molar refractivity (Wildman–Crippen MR) is 51.8 cm³/mol. The zero-order chi connectivity index (χ0) is 10.1. The van der Waals surface area contributed by atoms with Crippen LogP contribution < -0.4 is 0 Å². The van der Waals surface area contributed by atoms with Gasteiger partial charge in [-0.15, -0.1) is 0 Å². The first-order valence-corrected chi connectivity index (χ1v) is 5.58. The summed E-state index contributed by atoms with van der Waals surface area (Å²) in [7, 11) is 0. The smallest absolute Gasteiger partial charge is 0.348 e. The van der Waals surface area contributed by atoms with E-state index in [4.69, 9.17) is 9.47 Å².